The van der Waals surface area contributed by atoms with E-state index in [0.29, 0.717) is 35.9 Å². The summed E-state index contributed by atoms with van der Waals surface area (Å²) in [5.41, 5.74) is 1.54. The van der Waals surface area contributed by atoms with Crippen LogP contribution in [0.5, 0.6) is 17.2 Å². The van der Waals surface area contributed by atoms with Gasteiger partial charge in [0.15, 0.2) is 11.5 Å². The Bertz CT molecular complexity index is 631. The van der Waals surface area contributed by atoms with E-state index < -0.39 is 0 Å². The standard InChI is InChI=1S/C17H20FNO3/c1-20-15-9-17(22-3)16(21-2)8-13(15)11-19-10-12-6-4-5-7-14(12)18/h4-9,19H,10-11H2,1-3H3. The molecule has 2 rings (SSSR count). The number of methoxy groups -OCH3 is 3. The maximum absolute atomic E-state index is 13.6. The van der Waals surface area contributed by atoms with Gasteiger partial charge in [-0.3, -0.25) is 0 Å². The average molecular weight is 305 g/mol. The highest BCUT2D eigenvalue weighted by Crippen LogP contribution is 2.34. The molecule has 0 aliphatic carbocycles. The minimum absolute atomic E-state index is 0.214. The van der Waals surface area contributed by atoms with Crippen molar-refractivity contribution < 1.29 is 18.6 Å². The zero-order valence-corrected chi connectivity index (χ0v) is 13.0. The van der Waals surface area contributed by atoms with Crippen LogP contribution in [0.1, 0.15) is 11.1 Å². The lowest BCUT2D eigenvalue weighted by Gasteiger charge is -2.14. The summed E-state index contributed by atoms with van der Waals surface area (Å²) in [4.78, 5) is 0. The number of ether oxygens (including phenoxy) is 3. The monoisotopic (exact) mass is 305 g/mol. The van der Waals surface area contributed by atoms with Crippen molar-refractivity contribution in [1.29, 1.82) is 0 Å². The zero-order chi connectivity index (χ0) is 15.9. The fraction of sp³-hybridized carbons (Fsp3) is 0.294. The van der Waals surface area contributed by atoms with Crippen molar-refractivity contribution >= 4 is 0 Å². The van der Waals surface area contributed by atoms with Gasteiger partial charge in [-0.25, -0.2) is 4.39 Å². The second-order valence-electron chi connectivity index (χ2n) is 4.71. The van der Waals surface area contributed by atoms with Crippen molar-refractivity contribution in [3.05, 3.63) is 53.3 Å². The van der Waals surface area contributed by atoms with Crippen molar-refractivity contribution in [1.82, 2.24) is 5.32 Å². The predicted molar refractivity (Wildman–Crippen MR) is 83.0 cm³/mol. The molecule has 0 aliphatic rings. The van der Waals surface area contributed by atoms with Crippen molar-refractivity contribution in [2.45, 2.75) is 13.1 Å². The highest BCUT2D eigenvalue weighted by Gasteiger charge is 2.11. The lowest BCUT2D eigenvalue weighted by atomic mass is 10.1. The molecule has 0 saturated heterocycles. The Balaban J connectivity index is 2.10. The van der Waals surface area contributed by atoms with Gasteiger partial charge in [0.2, 0.25) is 0 Å². The van der Waals surface area contributed by atoms with Crippen LogP contribution in [0.25, 0.3) is 0 Å². The van der Waals surface area contributed by atoms with E-state index in [1.165, 1.54) is 6.07 Å². The van der Waals surface area contributed by atoms with E-state index in [-0.39, 0.29) is 5.82 Å². The second-order valence-corrected chi connectivity index (χ2v) is 4.71. The van der Waals surface area contributed by atoms with Gasteiger partial charge >= 0.3 is 0 Å². The molecule has 0 aliphatic heterocycles. The van der Waals surface area contributed by atoms with E-state index in [1.54, 1.807) is 39.5 Å². The topological polar surface area (TPSA) is 39.7 Å². The zero-order valence-electron chi connectivity index (χ0n) is 13.0. The van der Waals surface area contributed by atoms with Crippen molar-refractivity contribution in [3.8, 4) is 17.2 Å². The highest BCUT2D eigenvalue weighted by atomic mass is 19.1. The molecule has 0 aromatic heterocycles. The molecular formula is C17H20FNO3. The van der Waals surface area contributed by atoms with Crippen LogP contribution in [-0.4, -0.2) is 21.3 Å². The van der Waals surface area contributed by atoms with Crippen LogP contribution in [-0.2, 0) is 13.1 Å². The number of hydrogen-bond donors (Lipinski definition) is 1. The lowest BCUT2D eigenvalue weighted by Crippen LogP contribution is -2.14. The van der Waals surface area contributed by atoms with Gasteiger partial charge in [-0.15, -0.1) is 0 Å². The summed E-state index contributed by atoms with van der Waals surface area (Å²) in [5, 5.41) is 3.21. The van der Waals surface area contributed by atoms with E-state index in [4.69, 9.17) is 14.2 Å². The Kier molecular flexibility index (Phi) is 5.61. The molecule has 1 N–H and O–H groups in total. The van der Waals surface area contributed by atoms with Crippen LogP contribution in [0, 0.1) is 5.82 Å². The summed E-state index contributed by atoms with van der Waals surface area (Å²) in [6.45, 7) is 0.960. The van der Waals surface area contributed by atoms with Crippen LogP contribution in [0.2, 0.25) is 0 Å². The van der Waals surface area contributed by atoms with Crippen LogP contribution in [0.4, 0.5) is 4.39 Å². The van der Waals surface area contributed by atoms with E-state index >= 15 is 0 Å². The van der Waals surface area contributed by atoms with Gasteiger partial charge in [-0.2, -0.15) is 0 Å². The van der Waals surface area contributed by atoms with Crippen LogP contribution < -0.4 is 19.5 Å². The molecule has 4 nitrogen and oxygen atoms in total. The first-order valence-corrected chi connectivity index (χ1v) is 6.92. The van der Waals surface area contributed by atoms with E-state index in [2.05, 4.69) is 5.32 Å². The van der Waals surface area contributed by atoms with Crippen molar-refractivity contribution in [2.75, 3.05) is 21.3 Å². The van der Waals surface area contributed by atoms with E-state index in [0.717, 1.165) is 5.56 Å². The summed E-state index contributed by atoms with van der Waals surface area (Å²) >= 11 is 0. The fourth-order valence-electron chi connectivity index (χ4n) is 2.20. The van der Waals surface area contributed by atoms with Gasteiger partial charge < -0.3 is 19.5 Å². The Hall–Kier alpha value is -2.27. The second kappa shape index (κ2) is 7.66. The molecule has 0 fully saturated rings. The molecule has 0 atom stereocenters. The third-order valence-corrected chi connectivity index (χ3v) is 3.38. The van der Waals surface area contributed by atoms with Gasteiger partial charge in [0.25, 0.3) is 0 Å². The third kappa shape index (κ3) is 3.68. The number of rotatable bonds is 7. The summed E-state index contributed by atoms with van der Waals surface area (Å²) in [5.74, 6) is 1.72. The molecule has 0 bridgehead atoms. The molecule has 2 aromatic carbocycles. The Morgan fingerprint density at radius 2 is 1.41 bits per heavy atom. The number of halogens is 1. The largest absolute Gasteiger partial charge is 0.496 e. The molecule has 22 heavy (non-hydrogen) atoms. The molecule has 0 heterocycles. The number of hydrogen-bond acceptors (Lipinski definition) is 4. The number of nitrogens with one attached hydrogen (secondary N) is 1. The molecule has 0 spiro atoms. The summed E-state index contributed by atoms with van der Waals surface area (Å²) < 4.78 is 29.5. The maximum Gasteiger partial charge on any atom is 0.164 e. The first-order valence-electron chi connectivity index (χ1n) is 6.92. The molecule has 118 valence electrons. The van der Waals surface area contributed by atoms with Crippen LogP contribution in [0.3, 0.4) is 0 Å². The molecule has 0 unspecified atom stereocenters. The smallest absolute Gasteiger partial charge is 0.164 e. The quantitative estimate of drug-likeness (QED) is 0.853. The summed E-state index contributed by atoms with van der Waals surface area (Å²) in [7, 11) is 4.76. The van der Waals surface area contributed by atoms with Gasteiger partial charge in [-0.1, -0.05) is 18.2 Å². The van der Waals surface area contributed by atoms with Gasteiger partial charge in [0, 0.05) is 30.3 Å². The molecule has 0 amide bonds. The van der Waals surface area contributed by atoms with Gasteiger partial charge in [0.05, 0.1) is 21.3 Å². The lowest BCUT2D eigenvalue weighted by molar-refractivity contribution is 0.347. The molecule has 5 heteroatoms. The van der Waals surface area contributed by atoms with Crippen molar-refractivity contribution in [3.63, 3.8) is 0 Å². The third-order valence-electron chi connectivity index (χ3n) is 3.38. The molecule has 0 saturated carbocycles. The first-order chi connectivity index (χ1) is 10.7. The van der Waals surface area contributed by atoms with Gasteiger partial charge in [0.1, 0.15) is 11.6 Å². The summed E-state index contributed by atoms with van der Waals surface area (Å²) in [6.07, 6.45) is 0. The van der Waals surface area contributed by atoms with Gasteiger partial charge in [-0.05, 0) is 12.1 Å². The fourth-order valence-corrected chi connectivity index (χ4v) is 2.20. The van der Waals surface area contributed by atoms with E-state index in [1.807, 2.05) is 12.1 Å². The van der Waals surface area contributed by atoms with Crippen LogP contribution in [0.15, 0.2) is 36.4 Å². The van der Waals surface area contributed by atoms with Crippen molar-refractivity contribution in [2.24, 2.45) is 0 Å². The minimum atomic E-state index is -0.214. The summed E-state index contributed by atoms with van der Waals surface area (Å²) in [6, 6.07) is 10.3. The Morgan fingerprint density at radius 3 is 2.05 bits per heavy atom. The Morgan fingerprint density at radius 1 is 0.818 bits per heavy atom. The SMILES string of the molecule is COc1cc(OC)c(OC)cc1CNCc1ccccc1F. The molecular weight excluding hydrogens is 285 g/mol. The first kappa shape index (κ1) is 16.1. The van der Waals surface area contributed by atoms with Crippen LogP contribution >= 0.6 is 0 Å². The minimum Gasteiger partial charge on any atom is -0.496 e. The average Bonchev–Trinajstić information content (AvgIpc) is 2.56. The Labute approximate surface area is 129 Å². The predicted octanol–water partition coefficient (Wildman–Crippen LogP) is 3.14. The van der Waals surface area contributed by atoms with E-state index in [9.17, 15) is 4.39 Å². The normalized spacial score (nSPS) is 10.4. The highest BCUT2D eigenvalue weighted by molar-refractivity contribution is 5.50. The number of benzene rings is 2. The molecule has 2 aromatic rings. The maximum atomic E-state index is 13.6. The molecule has 0 radical (unpaired) electrons.